The predicted octanol–water partition coefficient (Wildman–Crippen LogP) is 4.69. The molecule has 0 saturated carbocycles. The summed E-state index contributed by atoms with van der Waals surface area (Å²) in [4.78, 5) is 10.2. The average molecular weight is 361 g/mol. The van der Waals surface area contributed by atoms with Crippen LogP contribution in [0.4, 0.5) is 4.79 Å². The lowest BCUT2D eigenvalue weighted by atomic mass is 10.1. The summed E-state index contributed by atoms with van der Waals surface area (Å²) in [6.45, 7) is 2.22. The summed E-state index contributed by atoms with van der Waals surface area (Å²) in [5.74, 6) is 0. The van der Waals surface area contributed by atoms with Gasteiger partial charge in [-0.05, 0) is 6.42 Å². The maximum absolute atomic E-state index is 10.3. The number of halogens is 2. The highest BCUT2D eigenvalue weighted by molar-refractivity contribution is 9.09. The SMILES string of the molecule is Br.CCCCCCCCCC(Br)NC(=O)O. The van der Waals surface area contributed by atoms with Crippen LogP contribution in [-0.4, -0.2) is 16.2 Å². The van der Waals surface area contributed by atoms with Crippen molar-refractivity contribution in [2.45, 2.75) is 63.2 Å². The fourth-order valence-electron chi connectivity index (χ4n) is 1.49. The third-order valence-corrected chi connectivity index (χ3v) is 3.03. The Morgan fingerprint density at radius 3 is 2.19 bits per heavy atom. The van der Waals surface area contributed by atoms with Gasteiger partial charge in [-0.1, -0.05) is 67.8 Å². The number of hydrogen-bond donors (Lipinski definition) is 2. The van der Waals surface area contributed by atoms with Crippen LogP contribution in [0.2, 0.25) is 0 Å². The first kappa shape index (κ1) is 18.6. The molecule has 2 N–H and O–H groups in total. The summed E-state index contributed by atoms with van der Waals surface area (Å²) >= 11 is 3.28. The number of unbranched alkanes of at least 4 members (excludes halogenated alkanes) is 6. The highest BCUT2D eigenvalue weighted by atomic mass is 79.9. The second-order valence-electron chi connectivity index (χ2n) is 3.83. The van der Waals surface area contributed by atoms with Crippen LogP contribution in [0, 0.1) is 0 Å². The van der Waals surface area contributed by atoms with Crippen molar-refractivity contribution in [3.05, 3.63) is 0 Å². The van der Waals surface area contributed by atoms with Crippen LogP contribution in [0.15, 0.2) is 0 Å². The van der Waals surface area contributed by atoms with Gasteiger partial charge in [0.05, 0.1) is 4.95 Å². The van der Waals surface area contributed by atoms with Crippen molar-refractivity contribution < 1.29 is 9.90 Å². The maximum Gasteiger partial charge on any atom is 0.405 e. The molecular weight excluding hydrogens is 338 g/mol. The fraction of sp³-hybridized carbons (Fsp3) is 0.909. The number of carbonyl (C=O) groups is 1. The lowest BCUT2D eigenvalue weighted by Gasteiger charge is -2.08. The Morgan fingerprint density at radius 2 is 1.69 bits per heavy atom. The van der Waals surface area contributed by atoms with Crippen molar-refractivity contribution in [3.63, 3.8) is 0 Å². The molecule has 0 aliphatic carbocycles. The minimum atomic E-state index is -0.958. The van der Waals surface area contributed by atoms with Crippen molar-refractivity contribution in [1.29, 1.82) is 0 Å². The van der Waals surface area contributed by atoms with Gasteiger partial charge in [0.1, 0.15) is 0 Å². The zero-order chi connectivity index (χ0) is 11.5. The van der Waals surface area contributed by atoms with Gasteiger partial charge in [-0.3, -0.25) is 0 Å². The van der Waals surface area contributed by atoms with E-state index in [-0.39, 0.29) is 21.9 Å². The molecule has 0 bridgehead atoms. The lowest BCUT2D eigenvalue weighted by Crippen LogP contribution is -2.28. The molecule has 0 rings (SSSR count). The smallest absolute Gasteiger partial charge is 0.405 e. The molecule has 0 aliphatic heterocycles. The Kier molecular flexibility index (Phi) is 15.4. The van der Waals surface area contributed by atoms with Gasteiger partial charge in [0.15, 0.2) is 0 Å². The van der Waals surface area contributed by atoms with Crippen molar-refractivity contribution in [1.82, 2.24) is 5.32 Å². The van der Waals surface area contributed by atoms with Gasteiger partial charge in [-0.25, -0.2) is 4.79 Å². The van der Waals surface area contributed by atoms with E-state index in [1.54, 1.807) is 0 Å². The molecule has 5 heteroatoms. The highest BCUT2D eigenvalue weighted by Gasteiger charge is 2.05. The molecule has 0 spiro atoms. The number of nitrogens with one attached hydrogen (secondary N) is 1. The van der Waals surface area contributed by atoms with Crippen molar-refractivity contribution in [2.75, 3.05) is 0 Å². The second kappa shape index (κ2) is 13.3. The summed E-state index contributed by atoms with van der Waals surface area (Å²) in [6, 6.07) is 0. The lowest BCUT2D eigenvalue weighted by molar-refractivity contribution is 0.193. The van der Waals surface area contributed by atoms with Crippen LogP contribution in [0.25, 0.3) is 0 Å². The number of rotatable bonds is 9. The van der Waals surface area contributed by atoms with Crippen LogP contribution in [0.5, 0.6) is 0 Å². The Morgan fingerprint density at radius 1 is 1.19 bits per heavy atom. The van der Waals surface area contributed by atoms with Crippen LogP contribution in [-0.2, 0) is 0 Å². The summed E-state index contributed by atoms with van der Waals surface area (Å²) in [7, 11) is 0. The van der Waals surface area contributed by atoms with Crippen LogP contribution in [0.3, 0.4) is 0 Å². The molecule has 0 saturated heterocycles. The van der Waals surface area contributed by atoms with Gasteiger partial charge in [0.2, 0.25) is 0 Å². The third-order valence-electron chi connectivity index (χ3n) is 2.34. The molecule has 0 aromatic heterocycles. The predicted molar refractivity (Wildman–Crippen MR) is 76.8 cm³/mol. The first-order valence-corrected chi connectivity index (χ1v) is 6.72. The van der Waals surface area contributed by atoms with Crippen LogP contribution in [0.1, 0.15) is 58.3 Å². The molecule has 98 valence electrons. The number of hydrogen-bond acceptors (Lipinski definition) is 1. The Labute approximate surface area is 117 Å². The molecule has 3 nitrogen and oxygen atoms in total. The molecule has 0 heterocycles. The monoisotopic (exact) mass is 359 g/mol. The molecular formula is C11H23Br2NO2. The third kappa shape index (κ3) is 14.2. The summed E-state index contributed by atoms with van der Waals surface area (Å²) < 4.78 is 0. The van der Waals surface area contributed by atoms with E-state index in [0.29, 0.717) is 0 Å². The van der Waals surface area contributed by atoms with Crippen LogP contribution < -0.4 is 5.32 Å². The van der Waals surface area contributed by atoms with Gasteiger partial charge in [0.25, 0.3) is 0 Å². The Hall–Kier alpha value is 0.230. The number of carboxylic acid groups (broad SMARTS) is 1. The fourth-order valence-corrected chi connectivity index (χ4v) is 2.01. The molecule has 1 unspecified atom stereocenters. The molecule has 0 fully saturated rings. The molecule has 1 amide bonds. The van der Waals surface area contributed by atoms with E-state index in [1.165, 1.54) is 38.5 Å². The molecule has 0 aromatic rings. The summed E-state index contributed by atoms with van der Waals surface area (Å²) in [6.07, 6.45) is 8.74. The molecule has 16 heavy (non-hydrogen) atoms. The highest BCUT2D eigenvalue weighted by Crippen LogP contribution is 2.11. The standard InChI is InChI=1S/C11H22BrNO2.BrH/c1-2-3-4-5-6-7-8-9-10(12)13-11(14)15;/h10,13H,2-9H2,1H3,(H,14,15);1H. The van der Waals surface area contributed by atoms with Crippen molar-refractivity contribution in [2.24, 2.45) is 0 Å². The van der Waals surface area contributed by atoms with Gasteiger partial charge >= 0.3 is 6.09 Å². The summed E-state index contributed by atoms with van der Waals surface area (Å²) in [5, 5.41) is 10.8. The normalized spacial score (nSPS) is 11.6. The van der Waals surface area contributed by atoms with Crippen LogP contribution >= 0.6 is 32.9 Å². The molecule has 1 atom stereocenters. The minimum Gasteiger partial charge on any atom is -0.465 e. The zero-order valence-corrected chi connectivity index (χ0v) is 13.2. The number of alkyl halides is 1. The molecule has 0 aromatic carbocycles. The quantitative estimate of drug-likeness (QED) is 0.356. The summed E-state index contributed by atoms with van der Waals surface area (Å²) in [5.41, 5.74) is 0. The van der Waals surface area contributed by atoms with Crippen molar-refractivity contribution >= 4 is 39.0 Å². The Bertz CT molecular complexity index is 168. The van der Waals surface area contributed by atoms with Gasteiger partial charge in [0, 0.05) is 0 Å². The van der Waals surface area contributed by atoms with E-state index < -0.39 is 6.09 Å². The zero-order valence-electron chi connectivity index (χ0n) is 9.88. The van der Waals surface area contributed by atoms with E-state index in [0.717, 1.165) is 12.8 Å². The van der Waals surface area contributed by atoms with E-state index in [4.69, 9.17) is 5.11 Å². The minimum absolute atomic E-state index is 0. The van der Waals surface area contributed by atoms with E-state index >= 15 is 0 Å². The first-order chi connectivity index (χ1) is 7.16. The maximum atomic E-state index is 10.3. The molecule has 0 radical (unpaired) electrons. The van der Waals surface area contributed by atoms with E-state index in [9.17, 15) is 4.79 Å². The van der Waals surface area contributed by atoms with Gasteiger partial charge in [-0.15, -0.1) is 17.0 Å². The average Bonchev–Trinajstić information content (AvgIpc) is 2.15. The largest absolute Gasteiger partial charge is 0.465 e. The molecule has 0 aliphatic rings. The van der Waals surface area contributed by atoms with Gasteiger partial charge < -0.3 is 10.4 Å². The number of amides is 1. The van der Waals surface area contributed by atoms with E-state index in [1.807, 2.05) is 0 Å². The second-order valence-corrected chi connectivity index (χ2v) is 4.93. The van der Waals surface area contributed by atoms with E-state index in [2.05, 4.69) is 28.2 Å². The topological polar surface area (TPSA) is 49.3 Å². The first-order valence-electron chi connectivity index (χ1n) is 5.80. The Balaban J connectivity index is 0. The van der Waals surface area contributed by atoms with Crippen molar-refractivity contribution in [3.8, 4) is 0 Å². The van der Waals surface area contributed by atoms with Gasteiger partial charge in [-0.2, -0.15) is 0 Å².